The molecule has 0 aliphatic carbocycles. The van der Waals surface area contributed by atoms with Gasteiger partial charge in [-0.25, -0.2) is 0 Å². The maximum atomic E-state index is 2.37. The molecule has 0 aliphatic rings. The van der Waals surface area contributed by atoms with Crippen molar-refractivity contribution < 1.29 is 18.9 Å². The largest absolute Gasteiger partial charge is 1.00 e. The summed E-state index contributed by atoms with van der Waals surface area (Å²) in [5.41, 5.74) is 6.11. The van der Waals surface area contributed by atoms with Gasteiger partial charge in [-0.2, -0.15) is 27.4 Å². The summed E-state index contributed by atoms with van der Waals surface area (Å²) in [6.45, 7) is 13.8. The Morgan fingerprint density at radius 3 is 1.31 bits per heavy atom. The molecule has 0 bridgehead atoms. The first-order valence-corrected chi connectivity index (χ1v) is 7.00. The summed E-state index contributed by atoms with van der Waals surface area (Å²) in [4.78, 5) is 0. The molecule has 0 atom stereocenters. The van der Waals surface area contributed by atoms with Crippen LogP contribution in [0.3, 0.4) is 0 Å². The first kappa shape index (κ1) is 13.2. The number of hydrogen-bond donors (Lipinski definition) is 0. The van der Waals surface area contributed by atoms with E-state index in [9.17, 15) is 0 Å². The Bertz CT molecular complexity index is 272. The summed E-state index contributed by atoms with van der Waals surface area (Å²) in [5, 5.41) is 1.66. The van der Waals surface area contributed by atoms with Crippen molar-refractivity contribution in [1.82, 2.24) is 0 Å². The molecule has 0 saturated heterocycles. The van der Waals surface area contributed by atoms with E-state index in [1.54, 1.807) is 16.3 Å². The van der Waals surface area contributed by atoms with Crippen LogP contribution in [0, 0.1) is 27.7 Å². The molecule has 0 N–H and O–H groups in total. The van der Waals surface area contributed by atoms with Gasteiger partial charge in [-0.05, 0) is 0 Å². The van der Waals surface area contributed by atoms with Gasteiger partial charge in [0.25, 0.3) is 0 Å². The zero-order chi connectivity index (χ0) is 9.46. The normalized spacial score (nSPS) is 10.4. The van der Waals surface area contributed by atoms with Crippen LogP contribution in [0.1, 0.15) is 22.3 Å². The molecule has 1 aromatic carbocycles. The summed E-state index contributed by atoms with van der Waals surface area (Å²) in [7, 11) is -0.274. The molecule has 13 heavy (non-hydrogen) atoms. The van der Waals surface area contributed by atoms with Gasteiger partial charge in [0.15, 0.2) is 0 Å². The van der Waals surface area contributed by atoms with Crippen LogP contribution in [0.5, 0.6) is 0 Å². The van der Waals surface area contributed by atoms with Gasteiger partial charge < -0.3 is 0 Å². The van der Waals surface area contributed by atoms with Crippen molar-refractivity contribution in [3.05, 3.63) is 22.3 Å². The van der Waals surface area contributed by atoms with Crippen LogP contribution in [0.25, 0.3) is 0 Å². The second-order valence-corrected chi connectivity index (χ2v) is 6.38. The van der Waals surface area contributed by atoms with Gasteiger partial charge in [0.2, 0.25) is 0 Å². The summed E-state index contributed by atoms with van der Waals surface area (Å²) < 4.78 is 0. The summed E-state index contributed by atoms with van der Waals surface area (Å²) in [6.07, 6.45) is 0. The fourth-order valence-electron chi connectivity index (χ4n) is 1.97. The molecular formula is C11H18LiSi. The van der Waals surface area contributed by atoms with Crippen LogP contribution in [0.2, 0.25) is 13.1 Å². The molecule has 0 aromatic heterocycles. The number of hydrogen-bond acceptors (Lipinski definition) is 0. The van der Waals surface area contributed by atoms with E-state index >= 15 is 0 Å². The van der Waals surface area contributed by atoms with Gasteiger partial charge in [-0.15, -0.1) is 0 Å². The van der Waals surface area contributed by atoms with Crippen LogP contribution in [-0.4, -0.2) is 8.80 Å². The molecule has 2 heteroatoms. The Morgan fingerprint density at radius 2 is 1.15 bits per heavy atom. The molecule has 67 valence electrons. The summed E-state index contributed by atoms with van der Waals surface area (Å²) in [5.74, 6) is 0. The zero-order valence-corrected chi connectivity index (χ0v) is 11.0. The van der Waals surface area contributed by atoms with E-state index in [0.29, 0.717) is 0 Å². The average molecular weight is 185 g/mol. The summed E-state index contributed by atoms with van der Waals surface area (Å²) >= 11 is 0. The van der Waals surface area contributed by atoms with Gasteiger partial charge >= 0.3 is 18.9 Å². The second-order valence-electron chi connectivity index (χ2n) is 3.88. The van der Waals surface area contributed by atoms with E-state index in [-0.39, 0.29) is 27.7 Å². The molecule has 0 amide bonds. The Kier molecular flexibility index (Phi) is 4.65. The zero-order valence-electron chi connectivity index (χ0n) is 10.0. The topological polar surface area (TPSA) is 0 Å². The molecule has 0 nitrogen and oxygen atoms in total. The van der Waals surface area contributed by atoms with E-state index < -0.39 is 0 Å². The fourth-order valence-corrected chi connectivity index (χ4v) is 3.84. The van der Waals surface area contributed by atoms with Crippen LogP contribution in [-0.2, 0) is 0 Å². The van der Waals surface area contributed by atoms with Crippen molar-refractivity contribution in [2.75, 3.05) is 0 Å². The monoisotopic (exact) mass is 185 g/mol. The third kappa shape index (κ3) is 2.15. The molecule has 0 saturated carbocycles. The van der Waals surface area contributed by atoms with Gasteiger partial charge in [0, 0.05) is 8.80 Å². The van der Waals surface area contributed by atoms with Crippen molar-refractivity contribution in [1.29, 1.82) is 0 Å². The molecule has 1 aromatic rings. The van der Waals surface area contributed by atoms with Gasteiger partial charge in [0.05, 0.1) is 0 Å². The van der Waals surface area contributed by atoms with Crippen molar-refractivity contribution >= 4 is 14.0 Å². The first-order valence-electron chi connectivity index (χ1n) is 4.50. The molecule has 1 rings (SSSR count). The van der Waals surface area contributed by atoms with Gasteiger partial charge in [-0.1, -0.05) is 40.8 Å². The number of rotatable bonds is 1. The third-order valence-corrected chi connectivity index (χ3v) is 4.69. The van der Waals surface area contributed by atoms with Crippen molar-refractivity contribution in [2.45, 2.75) is 40.8 Å². The van der Waals surface area contributed by atoms with E-state index in [1.165, 1.54) is 11.1 Å². The molecule has 1 radical (unpaired) electrons. The van der Waals surface area contributed by atoms with Crippen LogP contribution >= 0.6 is 0 Å². The van der Waals surface area contributed by atoms with Gasteiger partial charge in [-0.3, -0.25) is 0 Å². The molecule has 0 unspecified atom stereocenters. The Balaban J connectivity index is 0.00000144. The molecule has 0 aliphatic heterocycles. The second kappa shape index (κ2) is 4.60. The van der Waals surface area contributed by atoms with Gasteiger partial charge in [0.1, 0.15) is 0 Å². The molecule has 0 spiro atoms. The minimum atomic E-state index is -0.274. The standard InChI is InChI=1S/C11H18Si.Li/c1-7-8(2)10(4)11(9(7)3)12(5)6;/h1-6H3;/q-1;+1. The van der Waals surface area contributed by atoms with E-state index in [0.717, 1.165) is 0 Å². The minimum absolute atomic E-state index is 0. The van der Waals surface area contributed by atoms with Crippen LogP contribution < -0.4 is 24.0 Å². The van der Waals surface area contributed by atoms with Crippen molar-refractivity contribution in [3.8, 4) is 0 Å². The quantitative estimate of drug-likeness (QED) is 0.413. The van der Waals surface area contributed by atoms with Crippen LogP contribution in [0.15, 0.2) is 0 Å². The Labute approximate surface area is 95.9 Å². The molecule has 0 heterocycles. The van der Waals surface area contributed by atoms with E-state index in [1.807, 2.05) is 0 Å². The van der Waals surface area contributed by atoms with Crippen molar-refractivity contribution in [3.63, 3.8) is 0 Å². The summed E-state index contributed by atoms with van der Waals surface area (Å²) in [6, 6.07) is 0. The Hall–Kier alpha value is 0.164. The maximum absolute atomic E-state index is 2.37. The van der Waals surface area contributed by atoms with Crippen LogP contribution in [0.4, 0.5) is 0 Å². The molecular weight excluding hydrogens is 167 g/mol. The van der Waals surface area contributed by atoms with E-state index in [4.69, 9.17) is 0 Å². The van der Waals surface area contributed by atoms with E-state index in [2.05, 4.69) is 40.8 Å². The minimum Gasteiger partial charge on any atom is -0.196 e. The molecule has 0 fully saturated rings. The third-order valence-electron chi connectivity index (χ3n) is 2.94. The predicted molar refractivity (Wildman–Crippen MR) is 58.1 cm³/mol. The average Bonchev–Trinajstić information content (AvgIpc) is 2.16. The fraction of sp³-hybridized carbons (Fsp3) is 0.545. The predicted octanol–water partition coefficient (Wildman–Crippen LogP) is -0.395. The first-order chi connectivity index (χ1) is 5.46. The maximum Gasteiger partial charge on any atom is 1.00 e. The SMILES string of the molecule is Cc1c(C)c(C)[c-]([Si](C)C)c1C.[Li+]. The Morgan fingerprint density at radius 1 is 0.846 bits per heavy atom. The van der Waals surface area contributed by atoms with Crippen molar-refractivity contribution in [2.24, 2.45) is 0 Å². The smallest absolute Gasteiger partial charge is 0.196 e.